The molecule has 0 aliphatic carbocycles. The van der Waals surface area contributed by atoms with Crippen molar-refractivity contribution in [3.63, 3.8) is 0 Å². The highest BCUT2D eigenvalue weighted by Crippen LogP contribution is 2.34. The largest absolute Gasteiger partial charge is 0.481 e. The lowest BCUT2D eigenvalue weighted by Crippen LogP contribution is -2.27. The minimum absolute atomic E-state index is 0.159. The predicted molar refractivity (Wildman–Crippen MR) is 94.5 cm³/mol. The van der Waals surface area contributed by atoms with Gasteiger partial charge in [0.05, 0.1) is 12.0 Å². The molecule has 1 aliphatic heterocycles. The average molecular weight is 412 g/mol. The van der Waals surface area contributed by atoms with Gasteiger partial charge in [-0.2, -0.15) is 0 Å². The summed E-state index contributed by atoms with van der Waals surface area (Å²) in [6.07, 6.45) is 3.05. The Morgan fingerprint density at radius 1 is 1.42 bits per heavy atom. The lowest BCUT2D eigenvalue weighted by atomic mass is 10.2. The number of hydrogen-bond donors (Lipinski definition) is 0. The van der Waals surface area contributed by atoms with Gasteiger partial charge in [0.15, 0.2) is 6.61 Å². The summed E-state index contributed by atoms with van der Waals surface area (Å²) < 4.78 is 10.7. The summed E-state index contributed by atoms with van der Waals surface area (Å²) in [5.41, 5.74) is 0.567. The molecule has 1 heterocycles. The number of carbonyl (C=O) groups is 3. The van der Waals surface area contributed by atoms with Crippen LogP contribution in [0.2, 0.25) is 0 Å². The highest BCUT2D eigenvalue weighted by molar-refractivity contribution is 9.10. The SMILES string of the molecule is C=CCN1C(=O)S/C(=C/c2cc(Br)ccc2OCC(=O)OC)C1=O. The van der Waals surface area contributed by atoms with E-state index in [1.807, 2.05) is 0 Å². The van der Waals surface area contributed by atoms with Crippen molar-refractivity contribution in [2.75, 3.05) is 20.3 Å². The molecule has 1 fully saturated rings. The topological polar surface area (TPSA) is 72.9 Å². The van der Waals surface area contributed by atoms with Gasteiger partial charge in [-0.3, -0.25) is 14.5 Å². The van der Waals surface area contributed by atoms with Crippen LogP contribution in [-0.4, -0.2) is 42.3 Å². The summed E-state index contributed by atoms with van der Waals surface area (Å²) in [4.78, 5) is 36.7. The molecule has 1 aromatic carbocycles. The van der Waals surface area contributed by atoms with E-state index < -0.39 is 5.97 Å². The van der Waals surface area contributed by atoms with Crippen LogP contribution in [-0.2, 0) is 14.3 Å². The Labute approximate surface area is 151 Å². The lowest BCUT2D eigenvalue weighted by molar-refractivity contribution is -0.142. The summed E-state index contributed by atoms with van der Waals surface area (Å²) >= 11 is 4.19. The van der Waals surface area contributed by atoms with Crippen molar-refractivity contribution in [2.24, 2.45) is 0 Å². The number of esters is 1. The molecule has 2 rings (SSSR count). The third kappa shape index (κ3) is 4.27. The second kappa shape index (κ2) is 8.16. The number of benzene rings is 1. The molecular formula is C16H14BrNO5S. The van der Waals surface area contributed by atoms with E-state index in [1.165, 1.54) is 13.2 Å². The van der Waals surface area contributed by atoms with Crippen LogP contribution in [0.15, 0.2) is 40.2 Å². The predicted octanol–water partition coefficient (Wildman–Crippen LogP) is 3.22. The van der Waals surface area contributed by atoms with Gasteiger partial charge in [0.1, 0.15) is 5.75 Å². The molecule has 0 aromatic heterocycles. The quantitative estimate of drug-likeness (QED) is 0.406. The minimum Gasteiger partial charge on any atom is -0.481 e. The second-order valence-corrected chi connectivity index (χ2v) is 6.54. The molecule has 0 radical (unpaired) electrons. The van der Waals surface area contributed by atoms with Crippen molar-refractivity contribution < 1.29 is 23.9 Å². The standard InChI is InChI=1S/C16H14BrNO5S/c1-3-6-18-15(20)13(24-16(18)21)8-10-7-11(17)4-5-12(10)23-9-14(19)22-2/h3-5,7-8H,1,6,9H2,2H3/b13-8+. The van der Waals surface area contributed by atoms with Crippen molar-refractivity contribution >= 4 is 50.9 Å². The Morgan fingerprint density at radius 3 is 2.83 bits per heavy atom. The van der Waals surface area contributed by atoms with Crippen molar-refractivity contribution in [1.29, 1.82) is 0 Å². The van der Waals surface area contributed by atoms with Crippen LogP contribution in [0, 0.1) is 0 Å². The number of rotatable bonds is 6. The Kier molecular flexibility index (Phi) is 6.22. The normalized spacial score (nSPS) is 15.8. The first-order valence-electron chi connectivity index (χ1n) is 6.81. The maximum atomic E-state index is 12.3. The Hall–Kier alpha value is -2.06. The molecular weight excluding hydrogens is 398 g/mol. The summed E-state index contributed by atoms with van der Waals surface area (Å²) in [5, 5.41) is -0.349. The van der Waals surface area contributed by atoms with E-state index in [0.29, 0.717) is 11.3 Å². The Morgan fingerprint density at radius 2 is 2.17 bits per heavy atom. The zero-order valence-corrected chi connectivity index (χ0v) is 15.2. The Bertz CT molecular complexity index is 731. The fourth-order valence-corrected chi connectivity index (χ4v) is 3.10. The van der Waals surface area contributed by atoms with Crippen molar-refractivity contribution in [3.05, 3.63) is 45.8 Å². The number of halogens is 1. The molecule has 126 valence electrons. The van der Waals surface area contributed by atoms with Crippen LogP contribution in [0.5, 0.6) is 5.75 Å². The smallest absolute Gasteiger partial charge is 0.343 e. The first-order chi connectivity index (χ1) is 11.5. The highest BCUT2D eigenvalue weighted by Gasteiger charge is 2.34. The fraction of sp³-hybridized carbons (Fsp3) is 0.188. The molecule has 0 saturated carbocycles. The molecule has 0 spiro atoms. The zero-order valence-electron chi connectivity index (χ0n) is 12.8. The van der Waals surface area contributed by atoms with Crippen LogP contribution >= 0.6 is 27.7 Å². The monoisotopic (exact) mass is 411 g/mol. The number of ether oxygens (including phenoxy) is 2. The summed E-state index contributed by atoms with van der Waals surface area (Å²) in [6, 6.07) is 5.13. The molecule has 6 nitrogen and oxygen atoms in total. The van der Waals surface area contributed by atoms with Gasteiger partial charge in [-0.15, -0.1) is 6.58 Å². The Balaban J connectivity index is 2.29. The number of imide groups is 1. The van der Waals surface area contributed by atoms with E-state index in [2.05, 4.69) is 27.2 Å². The highest BCUT2D eigenvalue weighted by atomic mass is 79.9. The molecule has 1 aliphatic rings. The van der Waals surface area contributed by atoms with E-state index in [-0.39, 0.29) is 29.2 Å². The van der Waals surface area contributed by atoms with Crippen LogP contribution in [0.25, 0.3) is 6.08 Å². The molecule has 0 N–H and O–H groups in total. The van der Waals surface area contributed by atoms with E-state index in [0.717, 1.165) is 21.1 Å². The lowest BCUT2D eigenvalue weighted by Gasteiger charge is -2.10. The maximum absolute atomic E-state index is 12.3. The van der Waals surface area contributed by atoms with Gasteiger partial charge in [-0.25, -0.2) is 4.79 Å². The fourth-order valence-electron chi connectivity index (χ4n) is 1.89. The zero-order chi connectivity index (χ0) is 17.7. The molecule has 2 amide bonds. The van der Waals surface area contributed by atoms with Gasteiger partial charge >= 0.3 is 5.97 Å². The minimum atomic E-state index is -0.518. The van der Waals surface area contributed by atoms with E-state index in [4.69, 9.17) is 4.74 Å². The van der Waals surface area contributed by atoms with E-state index in [9.17, 15) is 14.4 Å². The van der Waals surface area contributed by atoms with E-state index >= 15 is 0 Å². The van der Waals surface area contributed by atoms with Crippen molar-refractivity contribution in [2.45, 2.75) is 0 Å². The summed E-state index contributed by atoms with van der Waals surface area (Å²) in [5.74, 6) is -0.502. The number of thioether (sulfide) groups is 1. The molecule has 24 heavy (non-hydrogen) atoms. The van der Waals surface area contributed by atoms with Gasteiger partial charge in [0, 0.05) is 16.6 Å². The molecule has 1 saturated heterocycles. The van der Waals surface area contributed by atoms with Gasteiger partial charge in [-0.1, -0.05) is 22.0 Å². The van der Waals surface area contributed by atoms with Gasteiger partial charge < -0.3 is 9.47 Å². The molecule has 8 heteroatoms. The number of amides is 2. The first-order valence-corrected chi connectivity index (χ1v) is 8.42. The van der Waals surface area contributed by atoms with Gasteiger partial charge in [0.25, 0.3) is 11.1 Å². The molecule has 1 aromatic rings. The second-order valence-electron chi connectivity index (χ2n) is 4.63. The molecule has 0 unspecified atom stereocenters. The van der Waals surface area contributed by atoms with Gasteiger partial charge in [-0.05, 0) is 36.0 Å². The van der Waals surface area contributed by atoms with Crippen LogP contribution in [0.3, 0.4) is 0 Å². The third-order valence-corrected chi connectivity index (χ3v) is 4.42. The summed E-state index contributed by atoms with van der Waals surface area (Å²) in [6.45, 7) is 3.44. The maximum Gasteiger partial charge on any atom is 0.343 e. The number of nitrogens with zero attached hydrogens (tertiary/aromatic N) is 1. The van der Waals surface area contributed by atoms with Crippen LogP contribution in [0.1, 0.15) is 5.56 Å². The van der Waals surface area contributed by atoms with Crippen LogP contribution in [0.4, 0.5) is 4.79 Å². The molecule has 0 atom stereocenters. The summed E-state index contributed by atoms with van der Waals surface area (Å²) in [7, 11) is 1.27. The number of carbonyl (C=O) groups excluding carboxylic acids is 3. The number of hydrogen-bond acceptors (Lipinski definition) is 6. The number of methoxy groups -OCH3 is 1. The van der Waals surface area contributed by atoms with Gasteiger partial charge in [0.2, 0.25) is 0 Å². The van der Waals surface area contributed by atoms with E-state index in [1.54, 1.807) is 24.3 Å². The van der Waals surface area contributed by atoms with Crippen LogP contribution < -0.4 is 4.74 Å². The van der Waals surface area contributed by atoms with Crippen molar-refractivity contribution in [1.82, 2.24) is 4.90 Å². The third-order valence-electron chi connectivity index (χ3n) is 3.02. The first kappa shape index (κ1) is 18.3. The average Bonchev–Trinajstić information content (AvgIpc) is 2.81. The van der Waals surface area contributed by atoms with Crippen molar-refractivity contribution in [3.8, 4) is 5.75 Å². The molecule has 0 bridgehead atoms.